The Morgan fingerprint density at radius 2 is 2.32 bits per heavy atom. The van der Waals surface area contributed by atoms with Gasteiger partial charge in [-0.3, -0.25) is 9.88 Å². The maximum absolute atomic E-state index is 4.25. The van der Waals surface area contributed by atoms with E-state index in [4.69, 9.17) is 0 Å². The van der Waals surface area contributed by atoms with Gasteiger partial charge in [-0.25, -0.2) is 0 Å². The van der Waals surface area contributed by atoms with E-state index in [1.807, 2.05) is 18.5 Å². The third-order valence-corrected chi connectivity index (χ3v) is 3.75. The normalized spacial score (nSPS) is 19.7. The standard InChI is InChI=1S/C17H24N2/c1-2-3-4-5-7-13-19-14-8-6-11-17(19)16-10-9-12-18-15-16/h9-10,12,15,17H,2-4,6,8,11,13-14H2,1H3/t17-/m1/s1. The summed E-state index contributed by atoms with van der Waals surface area (Å²) in [6.45, 7) is 4.29. The molecule has 0 spiro atoms. The SMILES string of the molecule is CCCCC#CCN1CCCC[C@@H]1c1cccnc1. The van der Waals surface area contributed by atoms with Crippen molar-refractivity contribution < 1.29 is 0 Å². The van der Waals surface area contributed by atoms with E-state index in [2.05, 4.69) is 34.7 Å². The number of likely N-dealkylation sites (tertiary alicyclic amines) is 1. The highest BCUT2D eigenvalue weighted by Crippen LogP contribution is 2.29. The van der Waals surface area contributed by atoms with E-state index in [0.717, 1.165) is 13.0 Å². The summed E-state index contributed by atoms with van der Waals surface area (Å²) >= 11 is 0. The van der Waals surface area contributed by atoms with Gasteiger partial charge in [0, 0.05) is 24.9 Å². The number of nitrogens with zero attached hydrogens (tertiary/aromatic N) is 2. The molecule has 1 aromatic rings. The van der Waals surface area contributed by atoms with Crippen molar-refractivity contribution in [1.29, 1.82) is 0 Å². The lowest BCUT2D eigenvalue weighted by molar-refractivity contribution is 0.169. The molecule has 2 heterocycles. The Bertz CT molecular complexity index is 416. The zero-order valence-electron chi connectivity index (χ0n) is 11.9. The number of hydrogen-bond acceptors (Lipinski definition) is 2. The summed E-state index contributed by atoms with van der Waals surface area (Å²) in [7, 11) is 0. The Hall–Kier alpha value is -1.33. The predicted octanol–water partition coefficient (Wildman–Crippen LogP) is 3.80. The van der Waals surface area contributed by atoms with Crippen molar-refractivity contribution >= 4 is 0 Å². The van der Waals surface area contributed by atoms with Crippen LogP contribution in [0.1, 0.15) is 57.1 Å². The molecule has 0 amide bonds. The molecule has 1 fully saturated rings. The van der Waals surface area contributed by atoms with Crippen LogP contribution in [-0.2, 0) is 0 Å². The van der Waals surface area contributed by atoms with E-state index in [0.29, 0.717) is 6.04 Å². The second-order valence-corrected chi connectivity index (χ2v) is 5.23. The van der Waals surface area contributed by atoms with E-state index in [9.17, 15) is 0 Å². The second-order valence-electron chi connectivity index (χ2n) is 5.23. The van der Waals surface area contributed by atoms with Crippen molar-refractivity contribution in [1.82, 2.24) is 9.88 Å². The van der Waals surface area contributed by atoms with Crippen LogP contribution < -0.4 is 0 Å². The van der Waals surface area contributed by atoms with E-state index in [-0.39, 0.29) is 0 Å². The minimum Gasteiger partial charge on any atom is -0.285 e. The van der Waals surface area contributed by atoms with Crippen molar-refractivity contribution in [2.45, 2.75) is 51.5 Å². The summed E-state index contributed by atoms with van der Waals surface area (Å²) in [4.78, 5) is 6.77. The summed E-state index contributed by atoms with van der Waals surface area (Å²) in [5, 5.41) is 0. The van der Waals surface area contributed by atoms with Crippen molar-refractivity contribution in [3.05, 3.63) is 30.1 Å². The minimum atomic E-state index is 0.517. The monoisotopic (exact) mass is 256 g/mol. The summed E-state index contributed by atoms with van der Waals surface area (Å²) in [6.07, 6.45) is 11.2. The molecule has 0 N–H and O–H groups in total. The average molecular weight is 256 g/mol. The Kier molecular flexibility index (Phi) is 5.91. The highest BCUT2D eigenvalue weighted by molar-refractivity contribution is 5.16. The Labute approximate surface area is 117 Å². The van der Waals surface area contributed by atoms with E-state index in [1.54, 1.807) is 0 Å². The summed E-state index contributed by atoms with van der Waals surface area (Å²) < 4.78 is 0. The molecular formula is C17H24N2. The second kappa shape index (κ2) is 7.96. The van der Waals surface area contributed by atoms with Crippen LogP contribution >= 0.6 is 0 Å². The molecule has 1 aromatic heterocycles. The van der Waals surface area contributed by atoms with Gasteiger partial charge in [-0.1, -0.05) is 31.8 Å². The van der Waals surface area contributed by atoms with Gasteiger partial charge in [0.1, 0.15) is 0 Å². The smallest absolute Gasteiger partial charge is 0.0606 e. The Balaban J connectivity index is 1.94. The van der Waals surface area contributed by atoms with Gasteiger partial charge in [0.15, 0.2) is 0 Å². The first-order valence-electron chi connectivity index (χ1n) is 7.51. The lowest BCUT2D eigenvalue weighted by Gasteiger charge is -2.34. The van der Waals surface area contributed by atoms with Gasteiger partial charge in [0.05, 0.1) is 6.54 Å². The van der Waals surface area contributed by atoms with Crippen molar-refractivity contribution in [2.75, 3.05) is 13.1 Å². The number of hydrogen-bond donors (Lipinski definition) is 0. The molecule has 2 nitrogen and oxygen atoms in total. The van der Waals surface area contributed by atoms with Gasteiger partial charge in [-0.2, -0.15) is 0 Å². The van der Waals surface area contributed by atoms with Gasteiger partial charge in [0.2, 0.25) is 0 Å². The molecule has 1 aliphatic heterocycles. The zero-order chi connectivity index (χ0) is 13.3. The van der Waals surface area contributed by atoms with E-state index in [1.165, 1.54) is 44.2 Å². The first-order chi connectivity index (χ1) is 9.42. The summed E-state index contributed by atoms with van der Waals surface area (Å²) in [6, 6.07) is 4.75. The maximum Gasteiger partial charge on any atom is 0.0606 e. The van der Waals surface area contributed by atoms with Crippen LogP contribution in [0.4, 0.5) is 0 Å². The summed E-state index contributed by atoms with van der Waals surface area (Å²) in [5.74, 6) is 6.64. The van der Waals surface area contributed by atoms with Crippen molar-refractivity contribution in [2.24, 2.45) is 0 Å². The van der Waals surface area contributed by atoms with Crippen LogP contribution in [0.3, 0.4) is 0 Å². The topological polar surface area (TPSA) is 16.1 Å². The van der Waals surface area contributed by atoms with Gasteiger partial charge < -0.3 is 0 Å². The predicted molar refractivity (Wildman–Crippen MR) is 79.7 cm³/mol. The molecule has 0 radical (unpaired) electrons. The number of rotatable bonds is 4. The largest absolute Gasteiger partial charge is 0.285 e. The van der Waals surface area contributed by atoms with Gasteiger partial charge in [0.25, 0.3) is 0 Å². The Morgan fingerprint density at radius 1 is 1.37 bits per heavy atom. The van der Waals surface area contributed by atoms with Gasteiger partial charge >= 0.3 is 0 Å². The number of piperidine rings is 1. The Morgan fingerprint density at radius 3 is 3.11 bits per heavy atom. The zero-order valence-corrected chi connectivity index (χ0v) is 11.9. The molecule has 19 heavy (non-hydrogen) atoms. The number of unbranched alkanes of at least 4 members (excludes halogenated alkanes) is 2. The molecule has 0 saturated carbocycles. The first kappa shape index (κ1) is 14.1. The fourth-order valence-electron chi connectivity index (χ4n) is 2.64. The van der Waals surface area contributed by atoms with Crippen LogP contribution in [0.5, 0.6) is 0 Å². The lowest BCUT2D eigenvalue weighted by Crippen LogP contribution is -2.33. The third-order valence-electron chi connectivity index (χ3n) is 3.75. The fourth-order valence-corrected chi connectivity index (χ4v) is 2.64. The number of aromatic nitrogens is 1. The molecular weight excluding hydrogens is 232 g/mol. The molecule has 2 heteroatoms. The third kappa shape index (κ3) is 4.36. The lowest BCUT2D eigenvalue weighted by atomic mass is 9.96. The van der Waals surface area contributed by atoms with Crippen LogP contribution in [0.2, 0.25) is 0 Å². The fraction of sp³-hybridized carbons (Fsp3) is 0.588. The summed E-state index contributed by atoms with van der Waals surface area (Å²) in [5.41, 5.74) is 1.34. The molecule has 102 valence electrons. The molecule has 0 aromatic carbocycles. The molecule has 0 aliphatic carbocycles. The quantitative estimate of drug-likeness (QED) is 0.601. The van der Waals surface area contributed by atoms with Gasteiger partial charge in [-0.05, 0) is 37.4 Å². The van der Waals surface area contributed by atoms with Crippen LogP contribution in [-0.4, -0.2) is 23.0 Å². The van der Waals surface area contributed by atoms with Crippen LogP contribution in [0, 0.1) is 11.8 Å². The number of pyridine rings is 1. The van der Waals surface area contributed by atoms with Crippen molar-refractivity contribution in [3.63, 3.8) is 0 Å². The molecule has 1 atom stereocenters. The average Bonchev–Trinajstić information content (AvgIpc) is 2.48. The maximum atomic E-state index is 4.25. The highest BCUT2D eigenvalue weighted by Gasteiger charge is 2.22. The minimum absolute atomic E-state index is 0.517. The van der Waals surface area contributed by atoms with E-state index >= 15 is 0 Å². The first-order valence-corrected chi connectivity index (χ1v) is 7.51. The molecule has 1 saturated heterocycles. The van der Waals surface area contributed by atoms with Crippen LogP contribution in [0.15, 0.2) is 24.5 Å². The molecule has 0 bridgehead atoms. The van der Waals surface area contributed by atoms with Crippen molar-refractivity contribution in [3.8, 4) is 11.8 Å². The molecule has 0 unspecified atom stereocenters. The molecule has 2 rings (SSSR count). The molecule has 1 aliphatic rings. The van der Waals surface area contributed by atoms with E-state index < -0.39 is 0 Å². The van der Waals surface area contributed by atoms with Crippen LogP contribution in [0.25, 0.3) is 0 Å². The highest BCUT2D eigenvalue weighted by atomic mass is 15.2. The van der Waals surface area contributed by atoms with Gasteiger partial charge in [-0.15, -0.1) is 5.92 Å².